The maximum Gasteiger partial charge on any atom is 0.335 e. The van der Waals surface area contributed by atoms with Crippen LogP contribution in [0.3, 0.4) is 0 Å². The Labute approximate surface area is 217 Å². The van der Waals surface area contributed by atoms with E-state index in [4.69, 9.17) is 0 Å². The van der Waals surface area contributed by atoms with Gasteiger partial charge in [-0.2, -0.15) is 0 Å². The molecular formula is C33H32O4. The monoisotopic (exact) mass is 492 g/mol. The van der Waals surface area contributed by atoms with Crippen LogP contribution in [-0.2, 0) is 22.0 Å². The number of carboxylic acid groups (broad SMARTS) is 2. The number of aromatic carboxylic acids is 1. The summed E-state index contributed by atoms with van der Waals surface area (Å²) in [5.41, 5.74) is 7.17. The molecule has 4 heteroatoms. The van der Waals surface area contributed by atoms with E-state index in [1.165, 1.54) is 16.5 Å². The molecule has 1 aliphatic rings. The first-order valence-electron chi connectivity index (χ1n) is 12.7. The maximum absolute atomic E-state index is 11.7. The molecule has 0 spiro atoms. The average molecular weight is 493 g/mol. The van der Waals surface area contributed by atoms with Crippen LogP contribution in [0.5, 0.6) is 0 Å². The third kappa shape index (κ3) is 4.53. The van der Waals surface area contributed by atoms with Crippen molar-refractivity contribution in [1.82, 2.24) is 0 Å². The van der Waals surface area contributed by atoms with E-state index < -0.39 is 11.9 Å². The van der Waals surface area contributed by atoms with Gasteiger partial charge in [-0.1, -0.05) is 82.3 Å². The second-order valence-electron chi connectivity index (χ2n) is 11.5. The molecule has 0 unspecified atom stereocenters. The molecule has 0 aromatic heterocycles. The Bertz CT molecular complexity index is 1560. The lowest BCUT2D eigenvalue weighted by atomic mass is 9.63. The Morgan fingerprint density at radius 3 is 2.03 bits per heavy atom. The van der Waals surface area contributed by atoms with Crippen LogP contribution in [0.15, 0.2) is 72.8 Å². The van der Waals surface area contributed by atoms with Crippen molar-refractivity contribution < 1.29 is 19.8 Å². The summed E-state index contributed by atoms with van der Waals surface area (Å²) in [4.78, 5) is 23.4. The molecule has 1 aliphatic carbocycles. The van der Waals surface area contributed by atoms with E-state index in [1.54, 1.807) is 18.2 Å². The largest absolute Gasteiger partial charge is 0.481 e. The summed E-state index contributed by atoms with van der Waals surface area (Å²) < 4.78 is 0. The van der Waals surface area contributed by atoms with Gasteiger partial charge in [0.05, 0.1) is 12.0 Å². The third-order valence-electron chi connectivity index (χ3n) is 8.01. The van der Waals surface area contributed by atoms with E-state index in [2.05, 4.69) is 58.0 Å². The molecule has 188 valence electrons. The summed E-state index contributed by atoms with van der Waals surface area (Å²) in [7, 11) is 0. The van der Waals surface area contributed by atoms with Gasteiger partial charge in [-0.05, 0) is 91.6 Å². The first-order valence-corrected chi connectivity index (χ1v) is 12.7. The van der Waals surface area contributed by atoms with E-state index in [-0.39, 0.29) is 22.8 Å². The van der Waals surface area contributed by atoms with Gasteiger partial charge < -0.3 is 10.2 Å². The minimum absolute atomic E-state index is 0.0961. The smallest absolute Gasteiger partial charge is 0.335 e. The molecule has 0 radical (unpaired) electrons. The number of carboxylic acids is 2. The third-order valence-corrected chi connectivity index (χ3v) is 8.01. The van der Waals surface area contributed by atoms with E-state index >= 15 is 0 Å². The van der Waals surface area contributed by atoms with Gasteiger partial charge in [0.25, 0.3) is 0 Å². The predicted octanol–water partition coefficient (Wildman–Crippen LogP) is 7.85. The van der Waals surface area contributed by atoms with Gasteiger partial charge in [0.1, 0.15) is 0 Å². The second-order valence-corrected chi connectivity index (χ2v) is 11.5. The average Bonchev–Trinajstić information content (AvgIpc) is 2.85. The topological polar surface area (TPSA) is 74.6 Å². The Hall–Kier alpha value is -3.92. The van der Waals surface area contributed by atoms with E-state index in [0.29, 0.717) is 11.1 Å². The van der Waals surface area contributed by atoms with Crippen LogP contribution in [0.2, 0.25) is 0 Å². The minimum Gasteiger partial charge on any atom is -0.481 e. The molecule has 4 nitrogen and oxygen atoms in total. The lowest BCUT2D eigenvalue weighted by molar-refractivity contribution is -0.136. The fourth-order valence-corrected chi connectivity index (χ4v) is 5.78. The van der Waals surface area contributed by atoms with Gasteiger partial charge in [-0.15, -0.1) is 0 Å². The Morgan fingerprint density at radius 2 is 1.38 bits per heavy atom. The molecule has 0 atom stereocenters. The van der Waals surface area contributed by atoms with Crippen LogP contribution in [0.25, 0.3) is 33.0 Å². The zero-order chi connectivity index (χ0) is 26.5. The number of fused-ring (bicyclic) bond motifs is 2. The summed E-state index contributed by atoms with van der Waals surface area (Å²) in [6.45, 7) is 9.29. The molecule has 0 amide bonds. The van der Waals surface area contributed by atoms with Crippen molar-refractivity contribution in [1.29, 1.82) is 0 Å². The molecule has 4 aromatic carbocycles. The van der Waals surface area contributed by atoms with Crippen molar-refractivity contribution in [2.24, 2.45) is 0 Å². The molecule has 0 fully saturated rings. The summed E-state index contributed by atoms with van der Waals surface area (Å²) in [6, 6.07) is 23.5. The highest BCUT2D eigenvalue weighted by molar-refractivity contribution is 5.96. The quantitative estimate of drug-likeness (QED) is 0.297. The van der Waals surface area contributed by atoms with Crippen LogP contribution < -0.4 is 0 Å². The lowest BCUT2D eigenvalue weighted by Crippen LogP contribution is -2.33. The first kappa shape index (κ1) is 24.8. The van der Waals surface area contributed by atoms with Crippen molar-refractivity contribution in [3.05, 3.63) is 95.1 Å². The van der Waals surface area contributed by atoms with Gasteiger partial charge in [-0.3, -0.25) is 4.79 Å². The predicted molar refractivity (Wildman–Crippen MR) is 148 cm³/mol. The van der Waals surface area contributed by atoms with E-state index in [1.807, 2.05) is 24.3 Å². The second kappa shape index (κ2) is 8.88. The summed E-state index contributed by atoms with van der Waals surface area (Å²) in [5.74, 6) is -1.94. The molecular weight excluding hydrogens is 460 g/mol. The number of rotatable bonds is 5. The Morgan fingerprint density at radius 1 is 0.730 bits per heavy atom. The molecule has 0 saturated heterocycles. The summed E-state index contributed by atoms with van der Waals surface area (Å²) >= 11 is 0. The highest BCUT2D eigenvalue weighted by Crippen LogP contribution is 2.47. The van der Waals surface area contributed by atoms with Crippen molar-refractivity contribution in [3.8, 4) is 22.3 Å². The molecule has 37 heavy (non-hydrogen) atoms. The van der Waals surface area contributed by atoms with Crippen LogP contribution >= 0.6 is 0 Å². The van der Waals surface area contributed by atoms with Crippen LogP contribution in [0, 0.1) is 0 Å². The van der Waals surface area contributed by atoms with Crippen LogP contribution in [-0.4, -0.2) is 22.2 Å². The summed E-state index contributed by atoms with van der Waals surface area (Å²) in [5, 5.41) is 21.5. The van der Waals surface area contributed by atoms with Gasteiger partial charge in [-0.25, -0.2) is 4.79 Å². The zero-order valence-electron chi connectivity index (χ0n) is 21.8. The number of aliphatic carboxylic acids is 1. The highest BCUT2D eigenvalue weighted by Gasteiger charge is 2.37. The standard InChI is InChI=1S/C33H32O4/c1-32(2)13-14-33(3,4)28-18-25-15-21(12-11-20(25)17-27(28)32)26-10-6-8-23(19-29(34)35)30(26)22-7-5-9-24(16-22)31(36)37/h5-12,15-18H,13-14,19H2,1-4H3,(H,34,35)(H,36,37). The van der Waals surface area contributed by atoms with Crippen molar-refractivity contribution in [2.75, 3.05) is 0 Å². The number of hydrogen-bond acceptors (Lipinski definition) is 2. The first-order chi connectivity index (χ1) is 17.5. The van der Waals surface area contributed by atoms with Crippen LogP contribution in [0.4, 0.5) is 0 Å². The van der Waals surface area contributed by atoms with Crippen molar-refractivity contribution >= 4 is 22.7 Å². The molecule has 0 heterocycles. The van der Waals surface area contributed by atoms with Gasteiger partial charge in [0.15, 0.2) is 0 Å². The van der Waals surface area contributed by atoms with Gasteiger partial charge in [0, 0.05) is 0 Å². The van der Waals surface area contributed by atoms with Crippen molar-refractivity contribution in [2.45, 2.75) is 57.8 Å². The fraction of sp³-hybridized carbons (Fsp3) is 0.273. The molecule has 5 rings (SSSR count). The normalized spacial score (nSPS) is 15.8. The molecule has 4 aromatic rings. The highest BCUT2D eigenvalue weighted by atomic mass is 16.4. The van der Waals surface area contributed by atoms with Crippen LogP contribution in [0.1, 0.15) is 67.6 Å². The number of carbonyl (C=O) groups is 2. The minimum atomic E-state index is -1.01. The lowest BCUT2D eigenvalue weighted by Gasteiger charge is -2.42. The fourth-order valence-electron chi connectivity index (χ4n) is 5.78. The Kier molecular flexibility index (Phi) is 5.94. The van der Waals surface area contributed by atoms with E-state index in [0.717, 1.165) is 34.9 Å². The molecule has 0 aliphatic heterocycles. The number of benzene rings is 4. The van der Waals surface area contributed by atoms with Crippen molar-refractivity contribution in [3.63, 3.8) is 0 Å². The SMILES string of the molecule is CC1(C)CCC(C)(C)c2cc3cc(-c4cccc(CC(=O)O)c4-c4cccc(C(=O)O)c4)ccc3cc21. The van der Waals surface area contributed by atoms with E-state index in [9.17, 15) is 19.8 Å². The maximum atomic E-state index is 11.7. The molecule has 0 saturated carbocycles. The molecule has 0 bridgehead atoms. The Balaban J connectivity index is 1.73. The van der Waals surface area contributed by atoms with Gasteiger partial charge >= 0.3 is 11.9 Å². The number of hydrogen-bond donors (Lipinski definition) is 2. The molecule has 2 N–H and O–H groups in total. The summed E-state index contributed by atoms with van der Waals surface area (Å²) in [6.07, 6.45) is 2.15. The van der Waals surface area contributed by atoms with Gasteiger partial charge in [0.2, 0.25) is 0 Å². The zero-order valence-corrected chi connectivity index (χ0v) is 21.8.